The minimum Gasteiger partial charge on any atom is -0.454 e. The summed E-state index contributed by atoms with van der Waals surface area (Å²) in [5, 5.41) is 4.40. The third-order valence-electron chi connectivity index (χ3n) is 6.28. The Hall–Kier alpha value is -4.11. The summed E-state index contributed by atoms with van der Waals surface area (Å²) < 4.78 is 10.9. The predicted molar refractivity (Wildman–Crippen MR) is 132 cm³/mol. The van der Waals surface area contributed by atoms with Gasteiger partial charge in [-0.05, 0) is 42.0 Å². The number of rotatable bonds is 5. The molecule has 0 radical (unpaired) electrons. The number of nitrogens with one attached hydrogen (secondary N) is 1. The molecule has 172 valence electrons. The molecule has 0 spiro atoms. The zero-order valence-corrected chi connectivity index (χ0v) is 18.6. The van der Waals surface area contributed by atoms with Gasteiger partial charge < -0.3 is 25.4 Å². The molecule has 2 aliphatic heterocycles. The number of aromatic nitrogens is 3. The van der Waals surface area contributed by atoms with E-state index in [1.165, 1.54) is 5.56 Å². The molecule has 2 aromatic heterocycles. The van der Waals surface area contributed by atoms with Crippen molar-refractivity contribution in [2.24, 2.45) is 0 Å². The molecule has 0 amide bonds. The summed E-state index contributed by atoms with van der Waals surface area (Å²) in [4.78, 5) is 18.0. The van der Waals surface area contributed by atoms with Crippen LogP contribution in [0.5, 0.6) is 11.5 Å². The lowest BCUT2D eigenvalue weighted by Crippen LogP contribution is -2.46. The van der Waals surface area contributed by atoms with Gasteiger partial charge in [-0.3, -0.25) is 9.88 Å². The molecule has 1 fully saturated rings. The molecule has 0 atom stereocenters. The summed E-state index contributed by atoms with van der Waals surface area (Å²) in [5.41, 5.74) is 10.1. The Kier molecular flexibility index (Phi) is 5.23. The smallest absolute Gasteiger partial charge is 0.231 e. The number of benzene rings is 2. The summed E-state index contributed by atoms with van der Waals surface area (Å²) in [6.45, 7) is 4.66. The monoisotopic (exact) mass is 455 g/mol. The van der Waals surface area contributed by atoms with Crippen molar-refractivity contribution in [1.82, 2.24) is 19.9 Å². The molecule has 4 aromatic rings. The summed E-state index contributed by atoms with van der Waals surface area (Å²) in [5.74, 6) is 3.01. The summed E-state index contributed by atoms with van der Waals surface area (Å²) in [7, 11) is 0. The Labute approximate surface area is 197 Å². The number of anilines is 4. The number of ether oxygens (including phenoxy) is 2. The van der Waals surface area contributed by atoms with Crippen molar-refractivity contribution in [3.05, 3.63) is 66.6 Å². The van der Waals surface area contributed by atoms with Crippen LogP contribution in [0.1, 0.15) is 5.56 Å². The number of nitrogens with zero attached hydrogens (tertiary/aromatic N) is 5. The van der Waals surface area contributed by atoms with Crippen molar-refractivity contribution in [3.8, 4) is 11.5 Å². The van der Waals surface area contributed by atoms with Gasteiger partial charge in [-0.15, -0.1) is 0 Å². The molecule has 0 unspecified atom stereocenters. The number of hydrogen-bond acceptors (Lipinski definition) is 9. The second kappa shape index (κ2) is 8.68. The largest absolute Gasteiger partial charge is 0.454 e. The molecule has 0 saturated carbocycles. The van der Waals surface area contributed by atoms with E-state index in [-0.39, 0.29) is 0 Å². The third kappa shape index (κ3) is 3.90. The average molecular weight is 456 g/mol. The van der Waals surface area contributed by atoms with E-state index in [4.69, 9.17) is 15.2 Å². The van der Waals surface area contributed by atoms with Gasteiger partial charge in [-0.1, -0.05) is 12.1 Å². The van der Waals surface area contributed by atoms with E-state index >= 15 is 0 Å². The molecule has 2 aromatic carbocycles. The first-order valence-electron chi connectivity index (χ1n) is 11.3. The van der Waals surface area contributed by atoms with Crippen LogP contribution in [0.4, 0.5) is 23.0 Å². The fourth-order valence-electron chi connectivity index (χ4n) is 4.49. The van der Waals surface area contributed by atoms with Crippen molar-refractivity contribution in [1.29, 1.82) is 0 Å². The predicted octanol–water partition coefficient (Wildman–Crippen LogP) is 3.40. The molecular weight excluding hydrogens is 430 g/mol. The summed E-state index contributed by atoms with van der Waals surface area (Å²) in [6, 6.07) is 16.1. The van der Waals surface area contributed by atoms with Gasteiger partial charge in [0, 0.05) is 50.0 Å². The highest BCUT2D eigenvalue weighted by Crippen LogP contribution is 2.34. The Morgan fingerprint density at radius 2 is 1.79 bits per heavy atom. The molecule has 0 bridgehead atoms. The van der Waals surface area contributed by atoms with Crippen molar-refractivity contribution in [3.63, 3.8) is 0 Å². The highest BCUT2D eigenvalue weighted by molar-refractivity contribution is 5.94. The molecule has 6 rings (SSSR count). The molecule has 9 heteroatoms. The average Bonchev–Trinajstić information content (AvgIpc) is 3.34. The van der Waals surface area contributed by atoms with E-state index in [0.29, 0.717) is 18.3 Å². The lowest BCUT2D eigenvalue weighted by Gasteiger charge is -2.36. The van der Waals surface area contributed by atoms with Gasteiger partial charge >= 0.3 is 0 Å². The lowest BCUT2D eigenvalue weighted by molar-refractivity contribution is 0.174. The minimum absolute atomic E-state index is 0.298. The Morgan fingerprint density at radius 3 is 2.71 bits per heavy atom. The number of nitrogen functional groups attached to an aromatic ring is 1. The van der Waals surface area contributed by atoms with Crippen LogP contribution in [0.3, 0.4) is 0 Å². The molecule has 1 saturated heterocycles. The Morgan fingerprint density at radius 1 is 0.912 bits per heavy atom. The van der Waals surface area contributed by atoms with Gasteiger partial charge in [0.15, 0.2) is 23.1 Å². The van der Waals surface area contributed by atoms with Crippen LogP contribution in [-0.4, -0.2) is 52.8 Å². The zero-order chi connectivity index (χ0) is 22.9. The van der Waals surface area contributed by atoms with Crippen molar-refractivity contribution >= 4 is 33.9 Å². The summed E-state index contributed by atoms with van der Waals surface area (Å²) in [6.07, 6.45) is 3.35. The molecule has 34 heavy (non-hydrogen) atoms. The van der Waals surface area contributed by atoms with E-state index in [1.54, 1.807) is 12.5 Å². The maximum Gasteiger partial charge on any atom is 0.231 e. The van der Waals surface area contributed by atoms with Crippen LogP contribution >= 0.6 is 0 Å². The van der Waals surface area contributed by atoms with Crippen LogP contribution in [0.25, 0.3) is 10.9 Å². The maximum atomic E-state index is 6.53. The van der Waals surface area contributed by atoms with E-state index < -0.39 is 0 Å². The highest BCUT2D eigenvalue weighted by Gasteiger charge is 2.22. The first kappa shape index (κ1) is 20.5. The van der Waals surface area contributed by atoms with Crippen LogP contribution in [0.2, 0.25) is 0 Å². The van der Waals surface area contributed by atoms with Crippen LogP contribution in [-0.2, 0) is 6.54 Å². The van der Waals surface area contributed by atoms with Crippen molar-refractivity contribution < 1.29 is 9.47 Å². The molecule has 9 nitrogen and oxygen atoms in total. The SMILES string of the molecule is Nc1c(Nc2cccc3ncccc23)ncnc1N1CCN(Cc2ccc3c(c2)OCO3)CC1. The van der Waals surface area contributed by atoms with E-state index in [9.17, 15) is 0 Å². The maximum absolute atomic E-state index is 6.53. The van der Waals surface area contributed by atoms with Crippen molar-refractivity contribution in [2.75, 3.05) is 48.9 Å². The molecule has 3 N–H and O–H groups in total. The van der Waals surface area contributed by atoms with E-state index in [0.717, 1.165) is 66.6 Å². The normalized spacial score (nSPS) is 15.6. The number of hydrogen-bond donors (Lipinski definition) is 2. The molecule has 4 heterocycles. The van der Waals surface area contributed by atoms with Gasteiger partial charge in [-0.2, -0.15) is 0 Å². The second-order valence-electron chi connectivity index (χ2n) is 8.41. The van der Waals surface area contributed by atoms with Gasteiger partial charge in [-0.25, -0.2) is 9.97 Å². The molecular formula is C25H25N7O2. The quantitative estimate of drug-likeness (QED) is 0.469. The van der Waals surface area contributed by atoms with E-state index in [2.05, 4.69) is 42.2 Å². The van der Waals surface area contributed by atoms with Crippen molar-refractivity contribution in [2.45, 2.75) is 6.54 Å². The Bertz CT molecular complexity index is 1330. The number of pyridine rings is 1. The standard InChI is InChI=1S/C25H25N7O2/c26-23-24(30-20-5-1-4-19-18(20)3-2-8-27-19)28-15-29-25(23)32-11-9-31(10-12-32)14-17-6-7-21-22(13-17)34-16-33-21/h1-8,13,15H,9-12,14,16,26H2,(H,28,29,30). The highest BCUT2D eigenvalue weighted by atomic mass is 16.7. The first-order valence-corrected chi connectivity index (χ1v) is 11.3. The van der Waals surface area contributed by atoms with Crippen LogP contribution in [0, 0.1) is 0 Å². The first-order chi connectivity index (χ1) is 16.7. The van der Waals surface area contributed by atoms with Gasteiger partial charge in [0.1, 0.15) is 12.0 Å². The Balaban J connectivity index is 1.14. The van der Waals surface area contributed by atoms with Crippen LogP contribution in [0.15, 0.2) is 61.1 Å². The fraction of sp³-hybridized carbons (Fsp3) is 0.240. The van der Waals surface area contributed by atoms with Crippen LogP contribution < -0.4 is 25.4 Å². The third-order valence-corrected chi connectivity index (χ3v) is 6.28. The fourth-order valence-corrected chi connectivity index (χ4v) is 4.49. The lowest BCUT2D eigenvalue weighted by atomic mass is 10.1. The van der Waals surface area contributed by atoms with Gasteiger partial charge in [0.2, 0.25) is 6.79 Å². The van der Waals surface area contributed by atoms with E-state index in [1.807, 2.05) is 36.4 Å². The molecule has 2 aliphatic rings. The molecule has 0 aliphatic carbocycles. The number of nitrogens with two attached hydrogens (primary N) is 1. The van der Waals surface area contributed by atoms with Gasteiger partial charge in [0.05, 0.1) is 5.52 Å². The second-order valence-corrected chi connectivity index (χ2v) is 8.41. The number of fused-ring (bicyclic) bond motifs is 2. The minimum atomic E-state index is 0.298. The number of piperazine rings is 1. The summed E-state index contributed by atoms with van der Waals surface area (Å²) >= 11 is 0. The zero-order valence-electron chi connectivity index (χ0n) is 18.6. The topological polar surface area (TPSA) is 102 Å². The van der Waals surface area contributed by atoms with Gasteiger partial charge in [0.25, 0.3) is 0 Å².